The summed E-state index contributed by atoms with van der Waals surface area (Å²) in [7, 11) is 0. The summed E-state index contributed by atoms with van der Waals surface area (Å²) in [6, 6.07) is 6.70. The molecule has 1 aromatic carbocycles. The van der Waals surface area contributed by atoms with Crippen molar-refractivity contribution >= 4 is 17.6 Å². The number of aromatic nitrogens is 1. The van der Waals surface area contributed by atoms with Crippen LogP contribution in [0, 0.1) is 5.82 Å². The number of aliphatic imine (C=N–C) groups is 1. The maximum atomic E-state index is 13.8. The van der Waals surface area contributed by atoms with Gasteiger partial charge in [0, 0.05) is 31.4 Å². The van der Waals surface area contributed by atoms with E-state index in [1.54, 1.807) is 12.3 Å². The van der Waals surface area contributed by atoms with E-state index in [0.717, 1.165) is 41.4 Å². The zero-order valence-corrected chi connectivity index (χ0v) is 16.6. The minimum atomic E-state index is -0.284. The lowest BCUT2D eigenvalue weighted by Gasteiger charge is -2.20. The number of fused-ring (bicyclic) bond motifs is 1. The topological polar surface area (TPSA) is 67.8 Å². The molecule has 1 aromatic heterocycles. The molecule has 0 aliphatic carbocycles. The zero-order valence-electron chi connectivity index (χ0n) is 15.8. The molecule has 6 nitrogen and oxygen atoms in total. The highest BCUT2D eigenvalue weighted by Gasteiger charge is 2.16. The first-order valence-corrected chi connectivity index (χ1v) is 9.68. The van der Waals surface area contributed by atoms with E-state index >= 15 is 0 Å². The molecule has 2 aromatic rings. The SMILES string of the molecule is CCNC(=NCCc1cc(F)cc2c1OCOC2)NCCc1ccc(Cl)nc1. The van der Waals surface area contributed by atoms with E-state index in [0.29, 0.717) is 31.3 Å². The molecule has 2 heterocycles. The predicted octanol–water partition coefficient (Wildman–Crippen LogP) is 3.08. The quantitative estimate of drug-likeness (QED) is 0.420. The highest BCUT2D eigenvalue weighted by atomic mass is 35.5. The molecule has 3 rings (SSSR count). The average molecular weight is 407 g/mol. The zero-order chi connectivity index (χ0) is 19.8. The van der Waals surface area contributed by atoms with Gasteiger partial charge >= 0.3 is 0 Å². The Balaban J connectivity index is 1.56. The van der Waals surface area contributed by atoms with Gasteiger partial charge in [0.1, 0.15) is 16.7 Å². The van der Waals surface area contributed by atoms with Crippen LogP contribution in [0.15, 0.2) is 35.5 Å². The van der Waals surface area contributed by atoms with Gasteiger partial charge in [0.15, 0.2) is 12.8 Å². The van der Waals surface area contributed by atoms with Crippen molar-refractivity contribution in [2.45, 2.75) is 26.4 Å². The number of hydrogen-bond donors (Lipinski definition) is 2. The molecule has 0 atom stereocenters. The molecule has 28 heavy (non-hydrogen) atoms. The van der Waals surface area contributed by atoms with Crippen molar-refractivity contribution in [3.05, 3.63) is 58.1 Å². The first kappa shape index (κ1) is 20.4. The van der Waals surface area contributed by atoms with Crippen LogP contribution in [0.3, 0.4) is 0 Å². The second-order valence-corrected chi connectivity index (χ2v) is 6.73. The summed E-state index contributed by atoms with van der Waals surface area (Å²) in [5, 5.41) is 7.00. The van der Waals surface area contributed by atoms with Gasteiger partial charge in [-0.25, -0.2) is 9.37 Å². The number of nitrogens with zero attached hydrogens (tertiary/aromatic N) is 2. The molecular weight excluding hydrogens is 383 g/mol. The van der Waals surface area contributed by atoms with Crippen LogP contribution in [0.1, 0.15) is 23.6 Å². The summed E-state index contributed by atoms with van der Waals surface area (Å²) in [6.45, 7) is 4.55. The van der Waals surface area contributed by atoms with Crippen LogP contribution >= 0.6 is 11.6 Å². The number of halogens is 2. The van der Waals surface area contributed by atoms with E-state index in [4.69, 9.17) is 21.1 Å². The maximum absolute atomic E-state index is 13.8. The van der Waals surface area contributed by atoms with E-state index in [9.17, 15) is 4.39 Å². The summed E-state index contributed by atoms with van der Waals surface area (Å²) >= 11 is 5.80. The molecule has 0 spiro atoms. The molecule has 0 saturated heterocycles. The molecule has 0 bridgehead atoms. The average Bonchev–Trinajstić information content (AvgIpc) is 2.69. The first-order chi connectivity index (χ1) is 13.7. The fourth-order valence-electron chi connectivity index (χ4n) is 2.95. The highest BCUT2D eigenvalue weighted by molar-refractivity contribution is 6.29. The van der Waals surface area contributed by atoms with E-state index in [2.05, 4.69) is 20.6 Å². The third-order valence-corrected chi connectivity index (χ3v) is 4.47. The third kappa shape index (κ3) is 5.81. The molecule has 1 aliphatic rings. The number of guanidine groups is 1. The van der Waals surface area contributed by atoms with Crippen LogP contribution in [-0.4, -0.2) is 37.4 Å². The first-order valence-electron chi connectivity index (χ1n) is 9.30. The minimum absolute atomic E-state index is 0.193. The normalized spacial score (nSPS) is 13.6. The summed E-state index contributed by atoms with van der Waals surface area (Å²) in [5.74, 6) is 1.16. The Morgan fingerprint density at radius 3 is 2.96 bits per heavy atom. The molecular formula is C20H24ClFN4O2. The van der Waals surface area contributed by atoms with Crippen molar-refractivity contribution in [2.24, 2.45) is 4.99 Å². The Morgan fingerprint density at radius 2 is 2.18 bits per heavy atom. The van der Waals surface area contributed by atoms with Crippen molar-refractivity contribution in [1.29, 1.82) is 0 Å². The molecule has 8 heteroatoms. The Kier molecular flexibility index (Phi) is 7.45. The van der Waals surface area contributed by atoms with Crippen LogP contribution < -0.4 is 15.4 Å². The molecule has 1 aliphatic heterocycles. The van der Waals surface area contributed by atoms with Crippen molar-refractivity contribution in [2.75, 3.05) is 26.4 Å². The van der Waals surface area contributed by atoms with E-state index in [1.807, 2.05) is 13.0 Å². The van der Waals surface area contributed by atoms with Gasteiger partial charge in [0.05, 0.1) is 6.61 Å². The summed E-state index contributed by atoms with van der Waals surface area (Å²) in [5.41, 5.74) is 2.65. The second-order valence-electron chi connectivity index (χ2n) is 6.34. The van der Waals surface area contributed by atoms with Gasteiger partial charge in [-0.05, 0) is 49.1 Å². The van der Waals surface area contributed by atoms with Crippen LogP contribution in [0.2, 0.25) is 5.15 Å². The van der Waals surface area contributed by atoms with Gasteiger partial charge in [-0.3, -0.25) is 4.99 Å². The predicted molar refractivity (Wildman–Crippen MR) is 107 cm³/mol. The van der Waals surface area contributed by atoms with Gasteiger partial charge in [0.2, 0.25) is 0 Å². The molecule has 0 amide bonds. The smallest absolute Gasteiger partial charge is 0.191 e. The third-order valence-electron chi connectivity index (χ3n) is 4.24. The Bertz CT molecular complexity index is 815. The van der Waals surface area contributed by atoms with E-state index in [-0.39, 0.29) is 12.6 Å². The number of benzene rings is 1. The van der Waals surface area contributed by atoms with E-state index in [1.165, 1.54) is 12.1 Å². The number of nitrogens with one attached hydrogen (secondary N) is 2. The van der Waals surface area contributed by atoms with Crippen molar-refractivity contribution in [1.82, 2.24) is 15.6 Å². The highest BCUT2D eigenvalue weighted by Crippen LogP contribution is 2.29. The Morgan fingerprint density at radius 1 is 1.29 bits per heavy atom. The lowest BCUT2D eigenvalue weighted by atomic mass is 10.1. The Hall–Kier alpha value is -2.38. The summed E-state index contributed by atoms with van der Waals surface area (Å²) in [6.07, 6.45) is 3.16. The lowest BCUT2D eigenvalue weighted by molar-refractivity contribution is -0.0172. The van der Waals surface area contributed by atoms with Crippen LogP contribution in [0.25, 0.3) is 0 Å². The fourth-order valence-corrected chi connectivity index (χ4v) is 3.06. The lowest BCUT2D eigenvalue weighted by Crippen LogP contribution is -2.38. The summed E-state index contributed by atoms with van der Waals surface area (Å²) in [4.78, 5) is 8.66. The maximum Gasteiger partial charge on any atom is 0.191 e. The summed E-state index contributed by atoms with van der Waals surface area (Å²) < 4.78 is 24.6. The van der Waals surface area contributed by atoms with Gasteiger partial charge < -0.3 is 20.1 Å². The van der Waals surface area contributed by atoms with Gasteiger partial charge in [-0.15, -0.1) is 0 Å². The molecule has 0 fully saturated rings. The number of ether oxygens (including phenoxy) is 2. The number of rotatable bonds is 7. The fraction of sp³-hybridized carbons (Fsp3) is 0.400. The van der Waals surface area contributed by atoms with Gasteiger partial charge in [-0.2, -0.15) is 0 Å². The van der Waals surface area contributed by atoms with E-state index < -0.39 is 0 Å². The molecule has 2 N–H and O–H groups in total. The molecule has 150 valence electrons. The van der Waals surface area contributed by atoms with Gasteiger partial charge in [-0.1, -0.05) is 17.7 Å². The monoisotopic (exact) mass is 406 g/mol. The van der Waals surface area contributed by atoms with Crippen molar-refractivity contribution in [3.8, 4) is 5.75 Å². The van der Waals surface area contributed by atoms with Crippen molar-refractivity contribution < 1.29 is 13.9 Å². The standard InChI is InChI=1S/C20H24ClFN4O2/c1-2-23-20(24-7-5-14-3-4-18(21)26-11-14)25-8-6-15-9-17(22)10-16-12-27-13-28-19(15)16/h3-4,9-11H,2,5-8,12-13H2,1H3,(H2,23,24,25). The van der Waals surface area contributed by atoms with Crippen LogP contribution in [0.5, 0.6) is 5.75 Å². The number of hydrogen-bond acceptors (Lipinski definition) is 4. The molecule has 0 radical (unpaired) electrons. The van der Waals surface area contributed by atoms with Crippen LogP contribution in [0.4, 0.5) is 4.39 Å². The number of pyridine rings is 1. The van der Waals surface area contributed by atoms with Crippen molar-refractivity contribution in [3.63, 3.8) is 0 Å². The minimum Gasteiger partial charge on any atom is -0.467 e. The van der Waals surface area contributed by atoms with Crippen LogP contribution in [-0.2, 0) is 24.2 Å². The Labute approximate surface area is 169 Å². The second kappa shape index (κ2) is 10.2. The largest absolute Gasteiger partial charge is 0.467 e. The molecule has 0 unspecified atom stereocenters. The molecule has 0 saturated carbocycles. The van der Waals surface area contributed by atoms with Gasteiger partial charge in [0.25, 0.3) is 0 Å².